The normalized spacial score (nSPS) is 18.2. The van der Waals surface area contributed by atoms with E-state index in [0.29, 0.717) is 49.0 Å². The van der Waals surface area contributed by atoms with Crippen LogP contribution in [-0.4, -0.2) is 57.3 Å². The van der Waals surface area contributed by atoms with Gasteiger partial charge in [0.15, 0.2) is 0 Å². The summed E-state index contributed by atoms with van der Waals surface area (Å²) < 4.78 is 21.1. The molecule has 0 spiro atoms. The van der Waals surface area contributed by atoms with Crippen LogP contribution >= 0.6 is 0 Å². The van der Waals surface area contributed by atoms with Gasteiger partial charge in [0, 0.05) is 55.4 Å². The number of hydrogen-bond acceptors (Lipinski definition) is 7. The minimum atomic E-state index is -0.557. The summed E-state index contributed by atoms with van der Waals surface area (Å²) in [5.74, 6) is 0.0836. The van der Waals surface area contributed by atoms with Crippen LogP contribution in [0.15, 0.2) is 55.0 Å². The zero-order valence-corrected chi connectivity index (χ0v) is 19.6. The monoisotopic (exact) mass is 488 g/mol. The number of pyridine rings is 2. The molecule has 0 saturated carbocycles. The molecule has 184 valence electrons. The van der Waals surface area contributed by atoms with E-state index >= 15 is 0 Å². The fourth-order valence-electron chi connectivity index (χ4n) is 4.87. The minimum absolute atomic E-state index is 0.168. The standard InChI is InChI=1S/C26H25FN6O3/c1-15(34)22-14-32(8-9-36-22)17-4-6-28-23(11-17)31-20-3-2-18(19-12-30-26(35)25(19)20)21-13-29-24-10-16(27)5-7-33(21)24/h2-7,10-11,13,15,22,34H,8-9,12,14H2,1H3,(H,28,31)(H,30,35)/t15-,22?/m0/s1. The first-order valence-electron chi connectivity index (χ1n) is 11.8. The van der Waals surface area contributed by atoms with E-state index in [1.807, 2.05) is 28.7 Å². The molecular formula is C26H25FN6O3. The van der Waals surface area contributed by atoms with Crippen LogP contribution in [0.25, 0.3) is 16.9 Å². The van der Waals surface area contributed by atoms with Crippen molar-refractivity contribution in [1.82, 2.24) is 19.7 Å². The van der Waals surface area contributed by atoms with Crippen LogP contribution in [-0.2, 0) is 11.3 Å². The molecule has 0 radical (unpaired) electrons. The Kier molecular flexibility index (Phi) is 5.54. The molecule has 36 heavy (non-hydrogen) atoms. The predicted molar refractivity (Wildman–Crippen MR) is 133 cm³/mol. The average molecular weight is 489 g/mol. The Morgan fingerprint density at radius 1 is 1.25 bits per heavy atom. The number of nitrogens with one attached hydrogen (secondary N) is 2. The minimum Gasteiger partial charge on any atom is -0.391 e. The number of nitrogens with zero attached hydrogens (tertiary/aromatic N) is 4. The molecule has 0 aliphatic carbocycles. The number of ether oxygens (including phenoxy) is 1. The molecule has 4 aromatic rings. The fourth-order valence-corrected chi connectivity index (χ4v) is 4.87. The first-order valence-corrected chi connectivity index (χ1v) is 11.8. The van der Waals surface area contributed by atoms with Gasteiger partial charge >= 0.3 is 0 Å². The number of rotatable bonds is 5. The maximum Gasteiger partial charge on any atom is 0.254 e. The number of aliphatic hydroxyl groups excluding tert-OH is 1. The Balaban J connectivity index is 1.33. The summed E-state index contributed by atoms with van der Waals surface area (Å²) in [5.41, 5.74) is 5.14. The zero-order chi connectivity index (χ0) is 24.8. The third kappa shape index (κ3) is 3.94. The molecular weight excluding hydrogens is 463 g/mol. The SMILES string of the molecule is C[C@H](O)C1CN(c2ccnc(Nc3ccc(-c4cnc5cc(F)ccn45)c4c3C(=O)NC4)c2)CCO1. The summed E-state index contributed by atoms with van der Waals surface area (Å²) in [7, 11) is 0. The first-order chi connectivity index (χ1) is 17.5. The van der Waals surface area contributed by atoms with Gasteiger partial charge in [-0.1, -0.05) is 6.07 Å². The lowest BCUT2D eigenvalue weighted by Crippen LogP contribution is -2.47. The van der Waals surface area contributed by atoms with Crippen LogP contribution in [0.3, 0.4) is 0 Å². The van der Waals surface area contributed by atoms with Crippen LogP contribution < -0.4 is 15.5 Å². The lowest BCUT2D eigenvalue weighted by molar-refractivity contribution is -0.0364. The molecule has 3 aromatic heterocycles. The topological polar surface area (TPSA) is 104 Å². The molecule has 1 unspecified atom stereocenters. The molecule has 9 nitrogen and oxygen atoms in total. The average Bonchev–Trinajstić information content (AvgIpc) is 3.48. The van der Waals surface area contributed by atoms with Gasteiger partial charge in [-0.2, -0.15) is 0 Å². The Morgan fingerprint density at radius 2 is 2.14 bits per heavy atom. The van der Waals surface area contributed by atoms with Gasteiger partial charge in [0.05, 0.1) is 35.9 Å². The number of aliphatic hydroxyl groups is 1. The van der Waals surface area contributed by atoms with Gasteiger partial charge in [0.25, 0.3) is 5.91 Å². The molecule has 2 atom stereocenters. The highest BCUT2D eigenvalue weighted by Gasteiger charge is 2.28. The molecule has 10 heteroatoms. The maximum atomic E-state index is 13.6. The van der Waals surface area contributed by atoms with Gasteiger partial charge in [-0.25, -0.2) is 14.4 Å². The number of amides is 1. The van der Waals surface area contributed by atoms with Crippen LogP contribution in [0.5, 0.6) is 0 Å². The summed E-state index contributed by atoms with van der Waals surface area (Å²) in [6.45, 7) is 3.94. The number of morpholine rings is 1. The number of halogens is 1. The van der Waals surface area contributed by atoms with Crippen molar-refractivity contribution in [2.24, 2.45) is 0 Å². The molecule has 0 bridgehead atoms. The van der Waals surface area contributed by atoms with Crippen molar-refractivity contribution >= 4 is 28.7 Å². The van der Waals surface area contributed by atoms with E-state index < -0.39 is 6.10 Å². The molecule has 1 saturated heterocycles. The Bertz CT molecular complexity index is 1470. The zero-order valence-electron chi connectivity index (χ0n) is 19.6. The second-order valence-electron chi connectivity index (χ2n) is 9.03. The maximum absolute atomic E-state index is 13.6. The van der Waals surface area contributed by atoms with Crippen molar-refractivity contribution in [3.63, 3.8) is 0 Å². The van der Waals surface area contributed by atoms with E-state index in [9.17, 15) is 14.3 Å². The number of fused-ring (bicyclic) bond motifs is 2. The molecule has 1 amide bonds. The lowest BCUT2D eigenvalue weighted by Gasteiger charge is -2.35. The summed E-state index contributed by atoms with van der Waals surface area (Å²) in [6, 6.07) is 10.4. The second kappa shape index (κ2) is 8.89. The Hall–Kier alpha value is -4.02. The van der Waals surface area contributed by atoms with Crippen molar-refractivity contribution < 1.29 is 19.0 Å². The molecule has 1 aromatic carbocycles. The highest BCUT2D eigenvalue weighted by Crippen LogP contribution is 2.35. The largest absolute Gasteiger partial charge is 0.391 e. The third-order valence-corrected chi connectivity index (χ3v) is 6.72. The number of carbonyl (C=O) groups excluding carboxylic acids is 1. The van der Waals surface area contributed by atoms with Crippen LogP contribution in [0.4, 0.5) is 21.6 Å². The molecule has 1 fully saturated rings. The first kappa shape index (κ1) is 22.4. The summed E-state index contributed by atoms with van der Waals surface area (Å²) in [5, 5.41) is 16.2. The lowest BCUT2D eigenvalue weighted by atomic mass is 9.99. The number of benzene rings is 1. The molecule has 2 aliphatic rings. The molecule has 5 heterocycles. The van der Waals surface area contributed by atoms with E-state index in [-0.39, 0.29) is 17.8 Å². The van der Waals surface area contributed by atoms with Crippen molar-refractivity contribution in [3.05, 3.63) is 71.9 Å². The Labute approximate surface area is 206 Å². The van der Waals surface area contributed by atoms with Crippen molar-refractivity contribution in [1.29, 1.82) is 0 Å². The van der Waals surface area contributed by atoms with Crippen LogP contribution in [0.1, 0.15) is 22.8 Å². The van der Waals surface area contributed by atoms with E-state index in [4.69, 9.17) is 4.74 Å². The highest BCUT2D eigenvalue weighted by atomic mass is 19.1. The summed E-state index contributed by atoms with van der Waals surface area (Å²) >= 11 is 0. The van der Waals surface area contributed by atoms with Gasteiger partial charge in [0.2, 0.25) is 0 Å². The predicted octanol–water partition coefficient (Wildman–Crippen LogP) is 3.11. The van der Waals surface area contributed by atoms with Gasteiger partial charge in [-0.15, -0.1) is 0 Å². The molecule has 2 aliphatic heterocycles. The second-order valence-corrected chi connectivity index (χ2v) is 9.03. The fraction of sp³-hybridized carbons (Fsp3) is 0.269. The van der Waals surface area contributed by atoms with E-state index in [1.165, 1.54) is 12.1 Å². The van der Waals surface area contributed by atoms with Gasteiger partial charge in [-0.05, 0) is 30.7 Å². The van der Waals surface area contributed by atoms with Gasteiger partial charge in [0.1, 0.15) is 23.4 Å². The number of imidazole rings is 1. The highest BCUT2D eigenvalue weighted by molar-refractivity contribution is 6.06. The molecule has 6 rings (SSSR count). The van der Waals surface area contributed by atoms with E-state index in [0.717, 1.165) is 22.5 Å². The number of anilines is 3. The van der Waals surface area contributed by atoms with Crippen molar-refractivity contribution in [2.45, 2.75) is 25.7 Å². The van der Waals surface area contributed by atoms with Crippen molar-refractivity contribution in [3.8, 4) is 11.3 Å². The van der Waals surface area contributed by atoms with Crippen LogP contribution in [0, 0.1) is 5.82 Å². The van der Waals surface area contributed by atoms with Crippen molar-refractivity contribution in [2.75, 3.05) is 29.9 Å². The number of aromatic nitrogens is 3. The van der Waals surface area contributed by atoms with Crippen LogP contribution in [0.2, 0.25) is 0 Å². The number of carbonyl (C=O) groups is 1. The number of hydrogen-bond donors (Lipinski definition) is 3. The summed E-state index contributed by atoms with van der Waals surface area (Å²) in [4.78, 5) is 23.8. The van der Waals surface area contributed by atoms with Gasteiger partial charge in [-0.3, -0.25) is 9.20 Å². The quantitative estimate of drug-likeness (QED) is 0.397. The molecule has 3 N–H and O–H groups in total. The van der Waals surface area contributed by atoms with Gasteiger partial charge < -0.3 is 25.4 Å². The van der Waals surface area contributed by atoms with E-state index in [1.54, 1.807) is 25.5 Å². The summed E-state index contributed by atoms with van der Waals surface area (Å²) in [6.07, 6.45) is 4.24. The smallest absolute Gasteiger partial charge is 0.254 e. The Morgan fingerprint density at radius 3 is 3.00 bits per heavy atom. The van der Waals surface area contributed by atoms with E-state index in [2.05, 4.69) is 25.5 Å². The third-order valence-electron chi connectivity index (χ3n) is 6.72.